The third-order valence-electron chi connectivity index (χ3n) is 4.97. The standard InChI is InChI=1S/C18H15ClF3N5O3S/c19-14-3-2-12(10-13(14)18(20,21)22)31(29,30)27-7-5-26(6-8-27)17(28)11-1-4-15-16(9-11)24-25-23-15/h1-4,9-10H,5-8H2,(H,23,24,25). The molecule has 1 saturated heterocycles. The van der Waals surface area contributed by atoms with Crippen molar-refractivity contribution < 1.29 is 26.4 Å². The van der Waals surface area contributed by atoms with E-state index in [1.54, 1.807) is 18.2 Å². The molecule has 0 radical (unpaired) electrons. The van der Waals surface area contributed by atoms with Crippen molar-refractivity contribution in [1.82, 2.24) is 24.6 Å². The van der Waals surface area contributed by atoms with Crippen LogP contribution in [0.2, 0.25) is 5.02 Å². The Morgan fingerprint density at radius 1 is 1.00 bits per heavy atom. The molecular weight excluding hydrogens is 459 g/mol. The van der Waals surface area contributed by atoms with Crippen molar-refractivity contribution in [3.63, 3.8) is 0 Å². The normalized spacial score (nSPS) is 16.1. The molecule has 3 aromatic rings. The van der Waals surface area contributed by atoms with E-state index in [4.69, 9.17) is 11.6 Å². The number of fused-ring (bicyclic) bond motifs is 1. The number of alkyl halides is 3. The summed E-state index contributed by atoms with van der Waals surface area (Å²) < 4.78 is 66.0. The molecule has 1 N–H and O–H groups in total. The molecule has 0 unspecified atom stereocenters. The molecule has 2 heterocycles. The molecule has 13 heteroatoms. The first-order valence-corrected chi connectivity index (χ1v) is 10.9. The molecule has 4 rings (SSSR count). The minimum Gasteiger partial charge on any atom is -0.336 e. The van der Waals surface area contributed by atoms with Crippen LogP contribution in [0.5, 0.6) is 0 Å². The topological polar surface area (TPSA) is 99.3 Å². The van der Waals surface area contributed by atoms with Gasteiger partial charge >= 0.3 is 6.18 Å². The van der Waals surface area contributed by atoms with Crippen molar-refractivity contribution in [2.24, 2.45) is 0 Å². The number of carbonyl (C=O) groups is 1. The number of benzene rings is 2. The van der Waals surface area contributed by atoms with Crippen LogP contribution in [-0.4, -0.2) is 65.1 Å². The number of rotatable bonds is 3. The molecule has 1 aliphatic heterocycles. The molecule has 8 nitrogen and oxygen atoms in total. The number of aromatic nitrogens is 3. The van der Waals surface area contributed by atoms with E-state index in [1.165, 1.54) is 4.90 Å². The van der Waals surface area contributed by atoms with Gasteiger partial charge in [-0.1, -0.05) is 11.6 Å². The predicted molar refractivity (Wildman–Crippen MR) is 105 cm³/mol. The summed E-state index contributed by atoms with van der Waals surface area (Å²) in [4.78, 5) is 13.7. The van der Waals surface area contributed by atoms with Gasteiger partial charge in [0.1, 0.15) is 11.0 Å². The molecule has 0 atom stereocenters. The highest BCUT2D eigenvalue weighted by atomic mass is 35.5. The van der Waals surface area contributed by atoms with E-state index < -0.39 is 31.7 Å². The first-order chi connectivity index (χ1) is 14.6. The lowest BCUT2D eigenvalue weighted by atomic mass is 10.1. The predicted octanol–water partition coefficient (Wildman–Crippen LogP) is 2.78. The largest absolute Gasteiger partial charge is 0.417 e. The van der Waals surface area contributed by atoms with Crippen LogP contribution >= 0.6 is 11.6 Å². The van der Waals surface area contributed by atoms with Crippen LogP contribution in [0, 0.1) is 0 Å². The fourth-order valence-electron chi connectivity index (χ4n) is 3.32. The van der Waals surface area contributed by atoms with E-state index in [1.807, 2.05) is 0 Å². The Bertz CT molecular complexity index is 1250. The van der Waals surface area contributed by atoms with E-state index in [9.17, 15) is 26.4 Å². The van der Waals surface area contributed by atoms with Gasteiger partial charge in [-0.05, 0) is 36.4 Å². The molecule has 1 aromatic heterocycles. The zero-order valence-corrected chi connectivity index (χ0v) is 17.3. The maximum atomic E-state index is 13.1. The minimum atomic E-state index is -4.78. The zero-order chi connectivity index (χ0) is 22.4. The number of carbonyl (C=O) groups excluding carboxylic acids is 1. The Balaban J connectivity index is 1.49. The number of hydrogen-bond donors (Lipinski definition) is 1. The highest BCUT2D eigenvalue weighted by Crippen LogP contribution is 2.36. The lowest BCUT2D eigenvalue weighted by molar-refractivity contribution is -0.137. The highest BCUT2D eigenvalue weighted by molar-refractivity contribution is 7.89. The fourth-order valence-corrected chi connectivity index (χ4v) is 4.99. The van der Waals surface area contributed by atoms with E-state index in [-0.39, 0.29) is 32.1 Å². The lowest BCUT2D eigenvalue weighted by Crippen LogP contribution is -2.50. The van der Waals surface area contributed by atoms with Crippen LogP contribution in [0.3, 0.4) is 0 Å². The number of halogens is 4. The minimum absolute atomic E-state index is 0.0513. The number of aromatic amines is 1. The second-order valence-corrected chi connectivity index (χ2v) is 9.21. The molecular formula is C18H15ClF3N5O3S. The highest BCUT2D eigenvalue weighted by Gasteiger charge is 2.36. The number of hydrogen-bond acceptors (Lipinski definition) is 5. The first kappa shape index (κ1) is 21.5. The Hall–Kier alpha value is -2.70. The average Bonchev–Trinajstić information content (AvgIpc) is 3.20. The van der Waals surface area contributed by atoms with Crippen LogP contribution in [0.4, 0.5) is 13.2 Å². The molecule has 0 aliphatic carbocycles. The van der Waals surface area contributed by atoms with E-state index in [0.717, 1.165) is 16.4 Å². The van der Waals surface area contributed by atoms with Gasteiger partial charge in [0.2, 0.25) is 10.0 Å². The van der Waals surface area contributed by atoms with Crippen LogP contribution in [0.1, 0.15) is 15.9 Å². The van der Waals surface area contributed by atoms with Crippen LogP contribution in [0.15, 0.2) is 41.3 Å². The molecule has 0 spiro atoms. The van der Waals surface area contributed by atoms with Crippen molar-refractivity contribution in [1.29, 1.82) is 0 Å². The molecule has 1 aliphatic rings. The van der Waals surface area contributed by atoms with Gasteiger partial charge in [0.15, 0.2) is 0 Å². The van der Waals surface area contributed by atoms with Gasteiger partial charge < -0.3 is 4.90 Å². The van der Waals surface area contributed by atoms with Crippen molar-refractivity contribution in [3.05, 3.63) is 52.5 Å². The van der Waals surface area contributed by atoms with E-state index >= 15 is 0 Å². The van der Waals surface area contributed by atoms with Gasteiger partial charge in [-0.2, -0.15) is 32.9 Å². The molecule has 0 saturated carbocycles. The first-order valence-electron chi connectivity index (χ1n) is 9.04. The maximum absolute atomic E-state index is 13.1. The van der Waals surface area contributed by atoms with Crippen molar-refractivity contribution in [3.8, 4) is 0 Å². The number of H-pyrrole nitrogens is 1. The SMILES string of the molecule is O=C(c1ccc2n[nH]nc2c1)N1CCN(S(=O)(=O)c2ccc(Cl)c(C(F)(F)F)c2)CC1. The van der Waals surface area contributed by atoms with Crippen LogP contribution in [0.25, 0.3) is 11.0 Å². The summed E-state index contributed by atoms with van der Waals surface area (Å²) in [6.45, 7) is 0.0811. The zero-order valence-electron chi connectivity index (χ0n) is 15.7. The lowest BCUT2D eigenvalue weighted by Gasteiger charge is -2.34. The third-order valence-corrected chi connectivity index (χ3v) is 7.19. The third kappa shape index (κ3) is 4.10. The molecule has 2 aromatic carbocycles. The Morgan fingerprint density at radius 2 is 1.68 bits per heavy atom. The quantitative estimate of drug-likeness (QED) is 0.630. The molecule has 1 amide bonds. The van der Waals surface area contributed by atoms with Gasteiger partial charge in [0, 0.05) is 31.7 Å². The molecule has 1 fully saturated rings. The van der Waals surface area contributed by atoms with Crippen molar-refractivity contribution in [2.45, 2.75) is 11.1 Å². The summed E-state index contributed by atoms with van der Waals surface area (Å²) in [6.07, 6.45) is -4.78. The van der Waals surface area contributed by atoms with Gasteiger partial charge in [0.25, 0.3) is 5.91 Å². The second kappa shape index (κ2) is 7.77. The maximum Gasteiger partial charge on any atom is 0.417 e. The second-order valence-electron chi connectivity index (χ2n) is 6.86. The Labute approximate surface area is 179 Å². The summed E-state index contributed by atoms with van der Waals surface area (Å²) in [5, 5.41) is 9.73. The van der Waals surface area contributed by atoms with E-state index in [2.05, 4.69) is 15.4 Å². The summed E-state index contributed by atoms with van der Waals surface area (Å²) >= 11 is 5.58. The molecule has 0 bridgehead atoms. The number of amides is 1. The van der Waals surface area contributed by atoms with Crippen LogP contribution < -0.4 is 0 Å². The van der Waals surface area contributed by atoms with Gasteiger partial charge in [-0.15, -0.1) is 0 Å². The summed E-state index contributed by atoms with van der Waals surface area (Å²) in [6, 6.07) is 7.31. The molecule has 31 heavy (non-hydrogen) atoms. The smallest absolute Gasteiger partial charge is 0.336 e. The summed E-state index contributed by atoms with van der Waals surface area (Å²) in [5.41, 5.74) is 0.293. The Kier molecular flexibility index (Phi) is 5.40. The number of piperazine rings is 1. The van der Waals surface area contributed by atoms with Crippen LogP contribution in [-0.2, 0) is 16.2 Å². The number of nitrogens with zero attached hydrogens (tertiary/aromatic N) is 4. The fraction of sp³-hybridized carbons (Fsp3) is 0.278. The summed E-state index contributed by atoms with van der Waals surface area (Å²) in [5.74, 6) is -0.298. The van der Waals surface area contributed by atoms with Crippen molar-refractivity contribution in [2.75, 3.05) is 26.2 Å². The number of sulfonamides is 1. The van der Waals surface area contributed by atoms with Gasteiger partial charge in [-0.25, -0.2) is 8.42 Å². The van der Waals surface area contributed by atoms with E-state index in [0.29, 0.717) is 22.7 Å². The summed E-state index contributed by atoms with van der Waals surface area (Å²) in [7, 11) is -4.18. The van der Waals surface area contributed by atoms with Gasteiger partial charge in [-0.3, -0.25) is 4.79 Å². The van der Waals surface area contributed by atoms with Gasteiger partial charge in [0.05, 0.1) is 15.5 Å². The van der Waals surface area contributed by atoms with Crippen molar-refractivity contribution >= 4 is 38.6 Å². The average molecular weight is 474 g/mol. The molecule has 164 valence electrons. The Morgan fingerprint density at radius 3 is 2.35 bits per heavy atom. The monoisotopic (exact) mass is 473 g/mol. The number of nitrogens with one attached hydrogen (secondary N) is 1.